The van der Waals surface area contributed by atoms with Crippen LogP contribution in [0.3, 0.4) is 0 Å². The minimum absolute atomic E-state index is 0.129. The van der Waals surface area contributed by atoms with Gasteiger partial charge in [0.05, 0.1) is 21.8 Å². The summed E-state index contributed by atoms with van der Waals surface area (Å²) in [6, 6.07) is 18.6. The van der Waals surface area contributed by atoms with Crippen molar-refractivity contribution in [3.05, 3.63) is 65.2 Å². The number of carbonyl (C=O) groups is 1. The first-order chi connectivity index (χ1) is 13.3. The molecule has 1 aliphatic heterocycles. The van der Waals surface area contributed by atoms with Gasteiger partial charge in [-0.05, 0) is 50.0 Å². The fraction of sp³-hybridized carbons (Fsp3) is 0.364. The van der Waals surface area contributed by atoms with Crippen molar-refractivity contribution in [2.24, 2.45) is 0 Å². The number of hydrogen-bond donors (Lipinski definition) is 1. The van der Waals surface area contributed by atoms with Crippen molar-refractivity contribution >= 4 is 27.5 Å². The Hall–Kier alpha value is -2.24. The smallest absolute Gasteiger partial charge is 0.234 e. The monoisotopic (exact) mass is 379 g/mol. The molecule has 1 aromatic heterocycles. The molecule has 1 aliphatic rings. The van der Waals surface area contributed by atoms with Crippen LogP contribution in [0.5, 0.6) is 0 Å². The summed E-state index contributed by atoms with van der Waals surface area (Å²) in [4.78, 5) is 19.3. The molecule has 0 spiro atoms. The van der Waals surface area contributed by atoms with Crippen molar-refractivity contribution < 1.29 is 4.79 Å². The second kappa shape index (κ2) is 8.63. The van der Waals surface area contributed by atoms with Crippen LogP contribution in [-0.2, 0) is 11.2 Å². The Bertz CT molecular complexity index is 852. The number of amides is 1. The van der Waals surface area contributed by atoms with Gasteiger partial charge in [-0.2, -0.15) is 0 Å². The molecule has 1 amide bonds. The third kappa shape index (κ3) is 4.73. The Morgan fingerprint density at radius 2 is 1.81 bits per heavy atom. The van der Waals surface area contributed by atoms with E-state index in [1.54, 1.807) is 0 Å². The minimum atomic E-state index is 0.129. The van der Waals surface area contributed by atoms with E-state index in [1.165, 1.54) is 15.3 Å². The Labute approximate surface area is 164 Å². The molecule has 1 saturated heterocycles. The molecule has 4 nitrogen and oxygen atoms in total. The van der Waals surface area contributed by atoms with Gasteiger partial charge in [-0.15, -0.1) is 11.3 Å². The SMILES string of the molecule is O=C(CN1CCC(c2nc3ccccc3s2)CC1)NCCc1ccccc1. The van der Waals surface area contributed by atoms with Crippen LogP contribution in [0.2, 0.25) is 0 Å². The van der Waals surface area contributed by atoms with Gasteiger partial charge in [0.15, 0.2) is 0 Å². The lowest BCUT2D eigenvalue weighted by Gasteiger charge is -2.30. The molecule has 2 heterocycles. The molecule has 1 N–H and O–H groups in total. The van der Waals surface area contributed by atoms with Crippen LogP contribution >= 0.6 is 11.3 Å². The zero-order valence-electron chi connectivity index (χ0n) is 15.4. The van der Waals surface area contributed by atoms with Gasteiger partial charge in [-0.1, -0.05) is 42.5 Å². The molecule has 140 valence electrons. The minimum Gasteiger partial charge on any atom is -0.355 e. The van der Waals surface area contributed by atoms with E-state index < -0.39 is 0 Å². The largest absolute Gasteiger partial charge is 0.355 e. The van der Waals surface area contributed by atoms with Gasteiger partial charge in [-0.3, -0.25) is 9.69 Å². The number of aromatic nitrogens is 1. The average molecular weight is 380 g/mol. The van der Waals surface area contributed by atoms with E-state index >= 15 is 0 Å². The van der Waals surface area contributed by atoms with Crippen LogP contribution in [-0.4, -0.2) is 42.0 Å². The maximum atomic E-state index is 12.2. The fourth-order valence-electron chi connectivity index (χ4n) is 3.65. The molecule has 0 radical (unpaired) electrons. The maximum Gasteiger partial charge on any atom is 0.234 e. The molecular formula is C22H25N3OS. The number of hydrogen-bond acceptors (Lipinski definition) is 4. The summed E-state index contributed by atoms with van der Waals surface area (Å²) in [5.41, 5.74) is 2.37. The molecule has 27 heavy (non-hydrogen) atoms. The van der Waals surface area contributed by atoms with Crippen molar-refractivity contribution in [1.82, 2.24) is 15.2 Å². The number of carbonyl (C=O) groups excluding carboxylic acids is 1. The Balaban J connectivity index is 1.21. The summed E-state index contributed by atoms with van der Waals surface area (Å²) in [5.74, 6) is 0.657. The van der Waals surface area contributed by atoms with Gasteiger partial charge in [-0.25, -0.2) is 4.98 Å². The number of likely N-dealkylation sites (tertiary alicyclic amines) is 1. The number of rotatable bonds is 6. The summed E-state index contributed by atoms with van der Waals surface area (Å²) >= 11 is 1.82. The zero-order chi connectivity index (χ0) is 18.5. The van der Waals surface area contributed by atoms with Crippen LogP contribution < -0.4 is 5.32 Å². The van der Waals surface area contributed by atoms with Gasteiger partial charge in [0, 0.05) is 12.5 Å². The number of benzene rings is 2. The Kier molecular flexibility index (Phi) is 5.80. The molecule has 0 bridgehead atoms. The first-order valence-electron chi connectivity index (χ1n) is 9.66. The zero-order valence-corrected chi connectivity index (χ0v) is 16.3. The lowest BCUT2D eigenvalue weighted by molar-refractivity contribution is -0.122. The van der Waals surface area contributed by atoms with Gasteiger partial charge in [0.2, 0.25) is 5.91 Å². The second-order valence-corrected chi connectivity index (χ2v) is 8.22. The molecular weight excluding hydrogens is 354 g/mol. The van der Waals surface area contributed by atoms with Crippen molar-refractivity contribution in [2.75, 3.05) is 26.2 Å². The normalized spacial score (nSPS) is 15.9. The number of fused-ring (bicyclic) bond motifs is 1. The predicted octanol–water partition coefficient (Wildman–Crippen LogP) is 3.83. The summed E-state index contributed by atoms with van der Waals surface area (Å²) in [7, 11) is 0. The third-order valence-electron chi connectivity index (χ3n) is 5.19. The number of thiazole rings is 1. The van der Waals surface area contributed by atoms with Gasteiger partial charge < -0.3 is 5.32 Å². The third-order valence-corrected chi connectivity index (χ3v) is 6.39. The molecule has 0 aliphatic carbocycles. The highest BCUT2D eigenvalue weighted by molar-refractivity contribution is 7.18. The molecule has 1 fully saturated rings. The van der Waals surface area contributed by atoms with Crippen LogP contribution in [0, 0.1) is 0 Å². The van der Waals surface area contributed by atoms with E-state index in [0.29, 0.717) is 19.0 Å². The van der Waals surface area contributed by atoms with Crippen molar-refractivity contribution in [1.29, 1.82) is 0 Å². The van der Waals surface area contributed by atoms with E-state index in [1.807, 2.05) is 35.6 Å². The first-order valence-corrected chi connectivity index (χ1v) is 10.5. The lowest BCUT2D eigenvalue weighted by atomic mass is 9.97. The highest BCUT2D eigenvalue weighted by Crippen LogP contribution is 2.33. The summed E-state index contributed by atoms with van der Waals surface area (Å²) in [6.07, 6.45) is 3.04. The molecule has 4 rings (SSSR count). The average Bonchev–Trinajstić information content (AvgIpc) is 3.13. The van der Waals surface area contributed by atoms with Crippen molar-refractivity contribution in [2.45, 2.75) is 25.2 Å². The molecule has 0 saturated carbocycles. The van der Waals surface area contributed by atoms with E-state index in [9.17, 15) is 4.79 Å². The Morgan fingerprint density at radius 1 is 1.07 bits per heavy atom. The molecule has 3 aromatic rings. The number of para-hydroxylation sites is 1. The molecule has 5 heteroatoms. The topological polar surface area (TPSA) is 45.2 Å². The van der Waals surface area contributed by atoms with Crippen LogP contribution in [0.1, 0.15) is 29.3 Å². The molecule has 0 atom stereocenters. The van der Waals surface area contributed by atoms with Crippen LogP contribution in [0.25, 0.3) is 10.2 Å². The quantitative estimate of drug-likeness (QED) is 0.708. The molecule has 2 aromatic carbocycles. The lowest BCUT2D eigenvalue weighted by Crippen LogP contribution is -2.41. The first kappa shape index (κ1) is 18.1. The van der Waals surface area contributed by atoms with E-state index in [4.69, 9.17) is 4.98 Å². The number of nitrogens with zero attached hydrogens (tertiary/aromatic N) is 2. The highest BCUT2D eigenvalue weighted by atomic mass is 32.1. The number of piperidine rings is 1. The fourth-order valence-corrected chi connectivity index (χ4v) is 4.79. The second-order valence-electron chi connectivity index (χ2n) is 7.16. The standard InChI is InChI=1S/C22H25N3OS/c26-21(23-13-10-17-6-2-1-3-7-17)16-25-14-11-18(12-15-25)22-24-19-8-4-5-9-20(19)27-22/h1-9,18H,10-16H2,(H,23,26). The summed E-state index contributed by atoms with van der Waals surface area (Å²) < 4.78 is 1.27. The van der Waals surface area contributed by atoms with Crippen molar-refractivity contribution in [3.63, 3.8) is 0 Å². The van der Waals surface area contributed by atoms with Crippen molar-refractivity contribution in [3.8, 4) is 0 Å². The summed E-state index contributed by atoms with van der Waals surface area (Å²) in [6.45, 7) is 3.13. The van der Waals surface area contributed by atoms with E-state index in [2.05, 4.69) is 40.5 Å². The van der Waals surface area contributed by atoms with E-state index in [0.717, 1.165) is 37.9 Å². The van der Waals surface area contributed by atoms with Crippen LogP contribution in [0.15, 0.2) is 54.6 Å². The van der Waals surface area contributed by atoms with Gasteiger partial charge in [0.25, 0.3) is 0 Å². The van der Waals surface area contributed by atoms with E-state index in [-0.39, 0.29) is 5.91 Å². The molecule has 0 unspecified atom stereocenters. The highest BCUT2D eigenvalue weighted by Gasteiger charge is 2.24. The summed E-state index contributed by atoms with van der Waals surface area (Å²) in [5, 5.41) is 4.30. The maximum absolute atomic E-state index is 12.2. The Morgan fingerprint density at radius 3 is 2.59 bits per heavy atom. The van der Waals surface area contributed by atoms with Gasteiger partial charge >= 0.3 is 0 Å². The number of nitrogens with one attached hydrogen (secondary N) is 1. The predicted molar refractivity (Wildman–Crippen MR) is 111 cm³/mol. The van der Waals surface area contributed by atoms with Gasteiger partial charge in [0.1, 0.15) is 0 Å². The van der Waals surface area contributed by atoms with Crippen LogP contribution in [0.4, 0.5) is 0 Å².